The van der Waals surface area contributed by atoms with Gasteiger partial charge in [-0.05, 0) is 62.5 Å². The Morgan fingerprint density at radius 2 is 1.91 bits per heavy atom. The van der Waals surface area contributed by atoms with Crippen LogP contribution in [0.5, 0.6) is 0 Å². The number of thiophene rings is 2. The highest BCUT2D eigenvalue weighted by molar-refractivity contribution is 7.99. The highest BCUT2D eigenvalue weighted by Gasteiger charge is 2.24. The predicted molar refractivity (Wildman–Crippen MR) is 140 cm³/mol. The van der Waals surface area contributed by atoms with Crippen LogP contribution in [0.25, 0.3) is 11.4 Å². The molecule has 0 spiro atoms. The number of hydrogen-bond acceptors (Lipinski definition) is 7. The van der Waals surface area contributed by atoms with E-state index in [1.54, 1.807) is 11.3 Å². The lowest BCUT2D eigenvalue weighted by atomic mass is 9.95. The maximum Gasteiger partial charge on any atom is 0.235 e. The summed E-state index contributed by atoms with van der Waals surface area (Å²) in [6.07, 6.45) is 11.9. The van der Waals surface area contributed by atoms with Crippen LogP contribution in [0.15, 0.2) is 23.2 Å². The lowest BCUT2D eigenvalue weighted by Gasteiger charge is -2.13. The van der Waals surface area contributed by atoms with Gasteiger partial charge >= 0.3 is 0 Å². The number of carbonyl (C=O) groups excluding carboxylic acids is 1. The van der Waals surface area contributed by atoms with Crippen LogP contribution in [0.3, 0.4) is 0 Å². The lowest BCUT2D eigenvalue weighted by molar-refractivity contribution is -0.113. The summed E-state index contributed by atoms with van der Waals surface area (Å²) >= 11 is 4.76. The summed E-state index contributed by atoms with van der Waals surface area (Å²) in [7, 11) is 0. The number of aromatic nitrogens is 3. The van der Waals surface area contributed by atoms with Crippen LogP contribution < -0.4 is 5.32 Å². The molecular weight excluding hydrogens is 483 g/mol. The molecule has 2 aliphatic rings. The van der Waals surface area contributed by atoms with Crippen LogP contribution in [0.4, 0.5) is 5.00 Å². The minimum Gasteiger partial charge on any atom is -0.316 e. The van der Waals surface area contributed by atoms with E-state index in [1.807, 2.05) is 17.4 Å². The van der Waals surface area contributed by atoms with Crippen molar-refractivity contribution in [3.8, 4) is 17.5 Å². The van der Waals surface area contributed by atoms with E-state index in [0.717, 1.165) is 49.9 Å². The monoisotopic (exact) mass is 509 g/mol. The number of thioether (sulfide) groups is 1. The second kappa shape index (κ2) is 10.5. The fourth-order valence-electron chi connectivity index (χ4n) is 4.81. The van der Waals surface area contributed by atoms with Crippen LogP contribution in [0.2, 0.25) is 0 Å². The van der Waals surface area contributed by atoms with E-state index in [2.05, 4.69) is 38.1 Å². The number of nitriles is 1. The van der Waals surface area contributed by atoms with E-state index in [1.165, 1.54) is 51.9 Å². The van der Waals surface area contributed by atoms with Gasteiger partial charge in [0.25, 0.3) is 0 Å². The third kappa shape index (κ3) is 4.59. The third-order valence-corrected chi connectivity index (χ3v) is 9.71. The SMILES string of the molecule is C=CCn1c(SCC(=O)Nc2sc3c(c2C#N)CCCCC3)nnc1-c1csc2c1CCCC2. The molecule has 34 heavy (non-hydrogen) atoms. The van der Waals surface area contributed by atoms with E-state index in [4.69, 9.17) is 0 Å². The zero-order valence-corrected chi connectivity index (χ0v) is 21.5. The van der Waals surface area contributed by atoms with Gasteiger partial charge in [0.05, 0.1) is 11.3 Å². The number of anilines is 1. The molecule has 1 amide bonds. The topological polar surface area (TPSA) is 83.6 Å². The second-order valence-corrected chi connectivity index (χ2v) is 11.7. The van der Waals surface area contributed by atoms with Crippen molar-refractivity contribution in [3.63, 3.8) is 0 Å². The molecule has 9 heteroatoms. The van der Waals surface area contributed by atoms with Gasteiger partial charge in [-0.15, -0.1) is 39.4 Å². The summed E-state index contributed by atoms with van der Waals surface area (Å²) in [5, 5.41) is 25.2. The summed E-state index contributed by atoms with van der Waals surface area (Å²) in [6.45, 7) is 4.49. The number of allylic oxidation sites excluding steroid dienone is 1. The van der Waals surface area contributed by atoms with Crippen molar-refractivity contribution in [2.75, 3.05) is 11.1 Å². The highest BCUT2D eigenvalue weighted by atomic mass is 32.2. The van der Waals surface area contributed by atoms with Crippen molar-refractivity contribution < 1.29 is 4.79 Å². The Labute approximate surface area is 212 Å². The van der Waals surface area contributed by atoms with Gasteiger partial charge in [0, 0.05) is 27.2 Å². The average Bonchev–Trinajstić information content (AvgIpc) is 3.48. The van der Waals surface area contributed by atoms with Gasteiger partial charge in [0.1, 0.15) is 11.1 Å². The molecule has 2 aliphatic carbocycles. The molecule has 0 saturated heterocycles. The number of nitrogens with zero attached hydrogens (tertiary/aromatic N) is 4. The average molecular weight is 510 g/mol. The van der Waals surface area contributed by atoms with Crippen molar-refractivity contribution in [3.05, 3.63) is 44.5 Å². The largest absolute Gasteiger partial charge is 0.316 e. The summed E-state index contributed by atoms with van der Waals surface area (Å²) < 4.78 is 2.05. The Hall–Kier alpha value is -2.41. The zero-order valence-electron chi connectivity index (χ0n) is 19.1. The molecule has 5 rings (SSSR count). The van der Waals surface area contributed by atoms with Crippen LogP contribution in [0, 0.1) is 11.3 Å². The number of rotatable bonds is 7. The van der Waals surface area contributed by atoms with Crippen molar-refractivity contribution in [2.24, 2.45) is 0 Å². The fourth-order valence-corrected chi connectivity index (χ4v) is 7.94. The molecule has 0 radical (unpaired) electrons. The van der Waals surface area contributed by atoms with E-state index >= 15 is 0 Å². The van der Waals surface area contributed by atoms with E-state index in [9.17, 15) is 10.1 Å². The highest BCUT2D eigenvalue weighted by Crippen LogP contribution is 2.38. The zero-order chi connectivity index (χ0) is 23.5. The fraction of sp³-hybridized carbons (Fsp3) is 0.440. The minimum absolute atomic E-state index is 0.125. The Morgan fingerprint density at radius 1 is 1.15 bits per heavy atom. The van der Waals surface area contributed by atoms with Crippen LogP contribution >= 0.6 is 34.4 Å². The summed E-state index contributed by atoms with van der Waals surface area (Å²) in [5.41, 5.74) is 4.37. The molecule has 176 valence electrons. The predicted octanol–water partition coefficient (Wildman–Crippen LogP) is 6.00. The number of amides is 1. The van der Waals surface area contributed by atoms with Crippen molar-refractivity contribution in [1.29, 1.82) is 5.26 Å². The molecule has 3 aromatic heterocycles. The molecule has 6 nitrogen and oxygen atoms in total. The van der Waals surface area contributed by atoms with Crippen molar-refractivity contribution in [1.82, 2.24) is 14.8 Å². The van der Waals surface area contributed by atoms with E-state index < -0.39 is 0 Å². The van der Waals surface area contributed by atoms with E-state index in [0.29, 0.717) is 22.3 Å². The van der Waals surface area contributed by atoms with Crippen molar-refractivity contribution >= 4 is 45.3 Å². The van der Waals surface area contributed by atoms with Gasteiger partial charge in [0.15, 0.2) is 11.0 Å². The molecule has 3 heterocycles. The first-order valence-corrected chi connectivity index (χ1v) is 14.5. The smallest absolute Gasteiger partial charge is 0.235 e. The Kier molecular flexibility index (Phi) is 7.18. The van der Waals surface area contributed by atoms with Gasteiger partial charge in [-0.25, -0.2) is 0 Å². The first kappa shape index (κ1) is 23.3. The molecular formula is C25H27N5OS3. The third-order valence-electron chi connectivity index (χ3n) is 6.45. The van der Waals surface area contributed by atoms with E-state index in [-0.39, 0.29) is 11.7 Å². The Bertz CT molecular complexity index is 1260. The standard InChI is InChI=1S/C25H27N5OS3/c1-2-12-30-23(19-14-32-20-10-7-6-9-17(19)20)28-29-25(30)33-15-22(31)27-24-18(13-26)16-8-4-3-5-11-21(16)34-24/h2,14H,1,3-12,15H2,(H,27,31). The maximum atomic E-state index is 12.8. The van der Waals surface area contributed by atoms with Crippen LogP contribution in [-0.2, 0) is 37.0 Å². The number of nitrogens with one attached hydrogen (secondary N) is 1. The van der Waals surface area contributed by atoms with Gasteiger partial charge in [-0.2, -0.15) is 5.26 Å². The molecule has 0 fully saturated rings. The Balaban J connectivity index is 1.31. The maximum absolute atomic E-state index is 12.8. The molecule has 1 N–H and O–H groups in total. The molecule has 0 aromatic carbocycles. The Morgan fingerprint density at radius 3 is 2.76 bits per heavy atom. The molecule has 0 saturated carbocycles. The second-order valence-electron chi connectivity index (χ2n) is 8.68. The first-order chi connectivity index (χ1) is 16.7. The summed E-state index contributed by atoms with van der Waals surface area (Å²) in [6, 6.07) is 2.33. The summed E-state index contributed by atoms with van der Waals surface area (Å²) in [4.78, 5) is 15.5. The summed E-state index contributed by atoms with van der Waals surface area (Å²) in [5.74, 6) is 0.946. The normalized spacial score (nSPS) is 15.1. The number of fused-ring (bicyclic) bond motifs is 2. The molecule has 0 aliphatic heterocycles. The minimum atomic E-state index is -0.125. The van der Waals surface area contributed by atoms with Gasteiger partial charge in [0.2, 0.25) is 5.91 Å². The molecule has 0 unspecified atom stereocenters. The molecule has 3 aromatic rings. The number of aryl methyl sites for hydroxylation is 2. The van der Waals surface area contributed by atoms with Gasteiger partial charge in [-0.1, -0.05) is 24.3 Å². The number of carbonyl (C=O) groups is 1. The molecule has 0 bridgehead atoms. The lowest BCUT2D eigenvalue weighted by Crippen LogP contribution is -2.14. The van der Waals surface area contributed by atoms with Crippen LogP contribution in [0.1, 0.15) is 58.5 Å². The van der Waals surface area contributed by atoms with Crippen LogP contribution in [-0.4, -0.2) is 26.4 Å². The first-order valence-electron chi connectivity index (χ1n) is 11.8. The van der Waals surface area contributed by atoms with Gasteiger partial charge in [-0.3, -0.25) is 9.36 Å². The molecule has 0 atom stereocenters. The number of hydrogen-bond donors (Lipinski definition) is 1. The quantitative estimate of drug-likeness (QED) is 0.240. The van der Waals surface area contributed by atoms with Gasteiger partial charge < -0.3 is 5.32 Å². The van der Waals surface area contributed by atoms with Crippen molar-refractivity contribution in [2.45, 2.75) is 69.5 Å².